The third kappa shape index (κ3) is 4.25. The molecule has 0 saturated carbocycles. The first-order valence-corrected chi connectivity index (χ1v) is 9.04. The standard InChI is InChI=1S/C18H14Cl2N4S/c1-2-7-22-18-24(23-11-13-4-3-8-21-10-13)17(12-25-18)15-9-14(19)5-6-16(15)20/h2-6,8-12H,1,7H2. The summed E-state index contributed by atoms with van der Waals surface area (Å²) in [6.07, 6.45) is 6.93. The molecule has 3 aromatic rings. The van der Waals surface area contributed by atoms with Crippen LogP contribution in [0.5, 0.6) is 0 Å². The molecule has 0 atom stereocenters. The van der Waals surface area contributed by atoms with Crippen LogP contribution in [0.2, 0.25) is 10.0 Å². The average molecular weight is 389 g/mol. The quantitative estimate of drug-likeness (QED) is 0.453. The van der Waals surface area contributed by atoms with Crippen molar-refractivity contribution in [2.75, 3.05) is 6.54 Å². The van der Waals surface area contributed by atoms with Gasteiger partial charge in [0.25, 0.3) is 0 Å². The Hall–Kier alpha value is -2.21. The Labute approximate surface area is 159 Å². The van der Waals surface area contributed by atoms with Gasteiger partial charge in [0.1, 0.15) is 0 Å². The van der Waals surface area contributed by atoms with E-state index in [2.05, 4.69) is 21.7 Å². The Morgan fingerprint density at radius 3 is 2.92 bits per heavy atom. The highest BCUT2D eigenvalue weighted by Crippen LogP contribution is 2.30. The number of halogens is 2. The highest BCUT2D eigenvalue weighted by Gasteiger charge is 2.11. The van der Waals surface area contributed by atoms with E-state index in [4.69, 9.17) is 23.2 Å². The molecule has 1 aromatic carbocycles. The summed E-state index contributed by atoms with van der Waals surface area (Å²) in [7, 11) is 0. The van der Waals surface area contributed by atoms with Crippen molar-refractivity contribution in [1.82, 2.24) is 9.66 Å². The molecule has 7 heteroatoms. The molecule has 0 aliphatic heterocycles. The lowest BCUT2D eigenvalue weighted by Crippen LogP contribution is -2.12. The Balaban J connectivity index is 2.13. The van der Waals surface area contributed by atoms with E-state index in [0.29, 0.717) is 16.6 Å². The number of pyridine rings is 1. The van der Waals surface area contributed by atoms with Crippen LogP contribution in [0, 0.1) is 0 Å². The molecule has 0 spiro atoms. The molecule has 0 N–H and O–H groups in total. The number of thiazole rings is 1. The van der Waals surface area contributed by atoms with E-state index in [1.54, 1.807) is 41.5 Å². The maximum absolute atomic E-state index is 6.36. The summed E-state index contributed by atoms with van der Waals surface area (Å²) in [5.41, 5.74) is 2.51. The molecule has 126 valence electrons. The largest absolute Gasteiger partial charge is 0.264 e. The SMILES string of the molecule is C=CCN=c1scc(-c2cc(Cl)ccc2Cl)n1N=Cc1cccnc1. The van der Waals surface area contributed by atoms with Crippen LogP contribution < -0.4 is 4.80 Å². The second-order valence-corrected chi connectivity index (χ2v) is 6.68. The summed E-state index contributed by atoms with van der Waals surface area (Å²) in [5.74, 6) is 0. The van der Waals surface area contributed by atoms with Gasteiger partial charge >= 0.3 is 0 Å². The Morgan fingerprint density at radius 2 is 2.16 bits per heavy atom. The fourth-order valence-corrected chi connectivity index (χ4v) is 3.34. The number of hydrogen-bond donors (Lipinski definition) is 0. The van der Waals surface area contributed by atoms with Gasteiger partial charge in [-0.25, -0.2) is 4.68 Å². The Kier molecular flexibility index (Phi) is 5.81. The van der Waals surface area contributed by atoms with Gasteiger partial charge in [-0.15, -0.1) is 17.9 Å². The first-order chi connectivity index (χ1) is 12.2. The van der Waals surface area contributed by atoms with Gasteiger partial charge in [-0.1, -0.05) is 35.3 Å². The van der Waals surface area contributed by atoms with Crippen LogP contribution in [0.4, 0.5) is 0 Å². The molecule has 0 saturated heterocycles. The number of rotatable bonds is 5. The average Bonchev–Trinajstić information content (AvgIpc) is 3.03. The van der Waals surface area contributed by atoms with Crippen LogP contribution in [0.25, 0.3) is 11.3 Å². The number of nitrogens with zero attached hydrogens (tertiary/aromatic N) is 4. The van der Waals surface area contributed by atoms with E-state index in [9.17, 15) is 0 Å². The van der Waals surface area contributed by atoms with E-state index < -0.39 is 0 Å². The predicted octanol–water partition coefficient (Wildman–Crippen LogP) is 4.89. The van der Waals surface area contributed by atoms with Gasteiger partial charge in [0.05, 0.1) is 23.5 Å². The second kappa shape index (κ2) is 8.25. The smallest absolute Gasteiger partial charge is 0.206 e. The lowest BCUT2D eigenvalue weighted by Gasteiger charge is -2.06. The first-order valence-electron chi connectivity index (χ1n) is 7.41. The van der Waals surface area contributed by atoms with E-state index >= 15 is 0 Å². The van der Waals surface area contributed by atoms with E-state index in [0.717, 1.165) is 21.6 Å². The van der Waals surface area contributed by atoms with Crippen molar-refractivity contribution in [2.45, 2.75) is 0 Å². The summed E-state index contributed by atoms with van der Waals surface area (Å²) in [6.45, 7) is 4.21. The molecule has 0 radical (unpaired) electrons. The normalized spacial score (nSPS) is 12.0. The van der Waals surface area contributed by atoms with Crippen molar-refractivity contribution in [3.63, 3.8) is 0 Å². The summed E-state index contributed by atoms with van der Waals surface area (Å²) >= 11 is 14.0. The first kappa shape index (κ1) is 17.6. The second-order valence-electron chi connectivity index (χ2n) is 5.00. The van der Waals surface area contributed by atoms with E-state index in [-0.39, 0.29) is 0 Å². The van der Waals surface area contributed by atoms with Gasteiger partial charge in [0.2, 0.25) is 4.80 Å². The summed E-state index contributed by atoms with van der Waals surface area (Å²) in [6, 6.07) is 9.13. The van der Waals surface area contributed by atoms with Crippen molar-refractivity contribution >= 4 is 40.8 Å². The minimum atomic E-state index is 0.506. The van der Waals surface area contributed by atoms with E-state index in [1.165, 1.54) is 11.3 Å². The highest BCUT2D eigenvalue weighted by molar-refractivity contribution is 7.07. The third-order valence-electron chi connectivity index (χ3n) is 3.25. The molecule has 4 nitrogen and oxygen atoms in total. The van der Waals surface area contributed by atoms with Crippen LogP contribution in [0.1, 0.15) is 5.56 Å². The molecule has 3 rings (SSSR count). The molecule has 0 fully saturated rings. The summed E-state index contributed by atoms with van der Waals surface area (Å²) < 4.78 is 1.75. The fourth-order valence-electron chi connectivity index (χ4n) is 2.12. The molecule has 2 heterocycles. The molecule has 25 heavy (non-hydrogen) atoms. The zero-order valence-corrected chi connectivity index (χ0v) is 15.5. The molecule has 2 aromatic heterocycles. The molecule has 0 amide bonds. The third-order valence-corrected chi connectivity index (χ3v) is 4.67. The maximum Gasteiger partial charge on any atom is 0.206 e. The minimum Gasteiger partial charge on any atom is -0.264 e. The van der Waals surface area contributed by atoms with Crippen LogP contribution in [0.3, 0.4) is 0 Å². The minimum absolute atomic E-state index is 0.506. The Morgan fingerprint density at radius 1 is 1.28 bits per heavy atom. The number of benzene rings is 1. The van der Waals surface area contributed by atoms with Gasteiger partial charge in [0, 0.05) is 33.9 Å². The molecule has 0 unspecified atom stereocenters. The van der Waals surface area contributed by atoms with Crippen LogP contribution in [-0.4, -0.2) is 22.4 Å². The monoisotopic (exact) mass is 388 g/mol. The maximum atomic E-state index is 6.36. The van der Waals surface area contributed by atoms with Crippen LogP contribution in [0.15, 0.2) is 70.9 Å². The molecule has 0 aliphatic rings. The van der Waals surface area contributed by atoms with Crippen LogP contribution >= 0.6 is 34.5 Å². The number of hydrogen-bond acceptors (Lipinski definition) is 4. The zero-order valence-electron chi connectivity index (χ0n) is 13.1. The van der Waals surface area contributed by atoms with Crippen molar-refractivity contribution in [3.8, 4) is 11.3 Å². The van der Waals surface area contributed by atoms with Gasteiger partial charge in [-0.3, -0.25) is 9.98 Å². The lowest BCUT2D eigenvalue weighted by atomic mass is 10.2. The van der Waals surface area contributed by atoms with Gasteiger partial charge in [-0.2, -0.15) is 5.10 Å². The van der Waals surface area contributed by atoms with Crippen molar-refractivity contribution in [1.29, 1.82) is 0 Å². The fraction of sp³-hybridized carbons (Fsp3) is 0.0556. The summed E-state index contributed by atoms with van der Waals surface area (Å²) in [4.78, 5) is 9.32. The molecule has 0 bridgehead atoms. The van der Waals surface area contributed by atoms with Gasteiger partial charge in [-0.05, 0) is 24.3 Å². The summed E-state index contributed by atoms with van der Waals surface area (Å²) in [5, 5.41) is 7.74. The molecular formula is C18H14Cl2N4S. The predicted molar refractivity (Wildman–Crippen MR) is 106 cm³/mol. The highest BCUT2D eigenvalue weighted by atomic mass is 35.5. The van der Waals surface area contributed by atoms with Crippen molar-refractivity contribution in [2.24, 2.45) is 10.1 Å². The van der Waals surface area contributed by atoms with Crippen molar-refractivity contribution < 1.29 is 0 Å². The van der Waals surface area contributed by atoms with Gasteiger partial charge in [0.15, 0.2) is 0 Å². The molecular weight excluding hydrogens is 375 g/mol. The topological polar surface area (TPSA) is 42.5 Å². The van der Waals surface area contributed by atoms with Crippen LogP contribution in [-0.2, 0) is 0 Å². The lowest BCUT2D eigenvalue weighted by molar-refractivity contribution is 0.840. The zero-order chi connectivity index (χ0) is 17.6. The van der Waals surface area contributed by atoms with Gasteiger partial charge < -0.3 is 0 Å². The number of aromatic nitrogens is 2. The Bertz CT molecular complexity index is 974. The van der Waals surface area contributed by atoms with Crippen molar-refractivity contribution in [3.05, 3.63) is 81.2 Å². The molecule has 0 aliphatic carbocycles. The van der Waals surface area contributed by atoms with E-state index in [1.807, 2.05) is 23.6 Å².